The lowest BCUT2D eigenvalue weighted by molar-refractivity contribution is -0.547. The predicted octanol–water partition coefficient (Wildman–Crippen LogP) is 1.54. The molecule has 0 fully saturated rings. The lowest BCUT2D eigenvalue weighted by Crippen LogP contribution is -2.28. The van der Waals surface area contributed by atoms with Gasteiger partial charge in [-0.05, 0) is 11.9 Å². The smallest absolute Gasteiger partial charge is 0.327 e. The highest BCUT2D eigenvalue weighted by atomic mass is 35.5. The van der Waals surface area contributed by atoms with Crippen LogP contribution in [0.15, 0.2) is 16.9 Å². The van der Waals surface area contributed by atoms with Crippen molar-refractivity contribution in [2.24, 2.45) is 0 Å². The molecule has 18 heavy (non-hydrogen) atoms. The second-order valence-electron chi connectivity index (χ2n) is 3.27. The van der Waals surface area contributed by atoms with Crippen molar-refractivity contribution < 1.29 is 19.3 Å². The molecule has 0 spiro atoms. The number of hydrogen-bond donors (Lipinski definition) is 1. The molecule has 1 aromatic rings. The third-order valence-electron chi connectivity index (χ3n) is 2.11. The number of nitro groups is 1. The van der Waals surface area contributed by atoms with E-state index in [0.717, 1.165) is 16.3 Å². The van der Waals surface area contributed by atoms with E-state index in [1.54, 1.807) is 0 Å². The molecule has 1 aliphatic rings. The normalized spacial score (nSPS) is 18.2. The van der Waals surface area contributed by atoms with Crippen LogP contribution in [0.1, 0.15) is 17.5 Å². The molecule has 0 saturated carbocycles. The van der Waals surface area contributed by atoms with Gasteiger partial charge >= 0.3 is 12.1 Å². The number of fused-ring (bicyclic) bond motifs is 1. The highest BCUT2D eigenvalue weighted by Gasteiger charge is 2.39. The largest absolute Gasteiger partial charge is 0.481 e. The van der Waals surface area contributed by atoms with Gasteiger partial charge in [-0.25, -0.2) is 0 Å². The van der Waals surface area contributed by atoms with Crippen LogP contribution in [0.5, 0.6) is 0 Å². The molecule has 0 amide bonds. The highest BCUT2D eigenvalue weighted by Crippen LogP contribution is 2.40. The molecule has 0 aromatic carbocycles. The summed E-state index contributed by atoms with van der Waals surface area (Å²) in [5, 5.41) is 23.2. The Kier molecular flexibility index (Phi) is 3.43. The fraction of sp³-hybridized carbons (Fsp3) is 0.250. The summed E-state index contributed by atoms with van der Waals surface area (Å²) >= 11 is 6.65. The number of halogens is 1. The molecule has 2 rings (SSSR count). The van der Waals surface area contributed by atoms with Crippen LogP contribution in [0.2, 0.25) is 0 Å². The summed E-state index contributed by atoms with van der Waals surface area (Å²) < 4.78 is 5.98. The summed E-state index contributed by atoms with van der Waals surface area (Å²) in [6.07, 6.45) is 1.20. The minimum absolute atomic E-state index is 0.130. The number of aliphatic carboxylic acids is 1. The molecular formula is C8H6ClN3O5S. The summed E-state index contributed by atoms with van der Waals surface area (Å²) in [5.41, 5.74) is 0.199. The Bertz CT molecular complexity index is 531. The molecule has 1 atom stereocenters. The Balaban J connectivity index is 2.32. The average molecular weight is 292 g/mol. The zero-order valence-corrected chi connectivity index (χ0v) is 10.2. The van der Waals surface area contributed by atoms with Crippen LogP contribution in [0, 0.1) is 10.1 Å². The number of carboxylic acids is 1. The number of carboxylic acid groups (broad SMARTS) is 1. The Labute approximate surface area is 109 Å². The second kappa shape index (κ2) is 4.86. The van der Waals surface area contributed by atoms with Gasteiger partial charge in [-0.2, -0.15) is 0 Å². The first-order valence-corrected chi connectivity index (χ1v) is 5.91. The maximum Gasteiger partial charge on any atom is 0.327 e. The van der Waals surface area contributed by atoms with Crippen LogP contribution in [0.3, 0.4) is 0 Å². The van der Waals surface area contributed by atoms with Gasteiger partial charge in [0, 0.05) is 6.20 Å². The van der Waals surface area contributed by atoms with Crippen LogP contribution >= 0.6 is 23.5 Å². The van der Waals surface area contributed by atoms with E-state index < -0.39 is 17.1 Å². The average Bonchev–Trinajstić information content (AvgIpc) is 2.74. The van der Waals surface area contributed by atoms with E-state index in [2.05, 4.69) is 5.16 Å². The molecule has 8 nitrogen and oxygen atoms in total. The highest BCUT2D eigenvalue weighted by molar-refractivity contribution is 7.97. The molecule has 1 N–H and O–H groups in total. The second-order valence-corrected chi connectivity index (χ2v) is 4.65. The van der Waals surface area contributed by atoms with Crippen LogP contribution < -0.4 is 0 Å². The summed E-state index contributed by atoms with van der Waals surface area (Å²) in [4.78, 5) is 21.0. The van der Waals surface area contributed by atoms with Gasteiger partial charge in [-0.15, -0.1) is 0 Å². The molecule has 1 aromatic heterocycles. The lowest BCUT2D eigenvalue weighted by Gasteiger charge is -2.24. The van der Waals surface area contributed by atoms with E-state index in [1.165, 1.54) is 12.4 Å². The fourth-order valence-corrected chi connectivity index (χ4v) is 2.51. The summed E-state index contributed by atoms with van der Waals surface area (Å²) in [6, 6.07) is 0. The minimum atomic E-state index is -1.27. The van der Waals surface area contributed by atoms with Gasteiger partial charge in [0.15, 0.2) is 5.76 Å². The Morgan fingerprint density at radius 2 is 2.50 bits per heavy atom. The van der Waals surface area contributed by atoms with Gasteiger partial charge in [0.25, 0.3) is 0 Å². The number of carbonyl (C=O) groups is 1. The van der Waals surface area contributed by atoms with E-state index >= 15 is 0 Å². The molecule has 0 saturated heterocycles. The van der Waals surface area contributed by atoms with Gasteiger partial charge < -0.3 is 9.63 Å². The van der Waals surface area contributed by atoms with Crippen molar-refractivity contribution in [3.8, 4) is 0 Å². The van der Waals surface area contributed by atoms with E-state index in [9.17, 15) is 14.9 Å². The molecule has 0 bridgehead atoms. The molecular weight excluding hydrogens is 286 g/mol. The van der Waals surface area contributed by atoms with Gasteiger partial charge in [-0.1, -0.05) is 16.8 Å². The third-order valence-corrected chi connectivity index (χ3v) is 3.36. The number of hydrogen-bond acceptors (Lipinski definition) is 7. The Hall–Kier alpha value is -1.74. The van der Waals surface area contributed by atoms with Crippen molar-refractivity contribution in [1.82, 2.24) is 9.46 Å². The van der Waals surface area contributed by atoms with Crippen LogP contribution in [0.4, 0.5) is 0 Å². The van der Waals surface area contributed by atoms with Crippen molar-refractivity contribution >= 4 is 34.6 Å². The first-order valence-electron chi connectivity index (χ1n) is 4.59. The topological polar surface area (TPSA) is 110 Å². The molecule has 1 aliphatic heterocycles. The van der Waals surface area contributed by atoms with Crippen molar-refractivity contribution in [1.29, 1.82) is 0 Å². The molecule has 0 aliphatic carbocycles. The van der Waals surface area contributed by atoms with Gasteiger partial charge in [0.2, 0.25) is 0 Å². The number of aromatic nitrogens is 1. The van der Waals surface area contributed by atoms with Crippen LogP contribution in [-0.4, -0.2) is 31.2 Å². The zero-order valence-electron chi connectivity index (χ0n) is 8.65. The predicted molar refractivity (Wildman–Crippen MR) is 62.0 cm³/mol. The maximum atomic E-state index is 11.0. The van der Waals surface area contributed by atoms with Gasteiger partial charge in [0.1, 0.15) is 16.3 Å². The van der Waals surface area contributed by atoms with Crippen molar-refractivity contribution in [2.45, 2.75) is 6.17 Å². The quantitative estimate of drug-likeness (QED) is 0.505. The number of nitrogens with zero attached hydrogens (tertiary/aromatic N) is 3. The summed E-state index contributed by atoms with van der Waals surface area (Å²) in [7, 11) is 0. The van der Waals surface area contributed by atoms with Gasteiger partial charge in [0.05, 0.1) is 11.1 Å². The first kappa shape index (κ1) is 12.7. The van der Waals surface area contributed by atoms with Crippen LogP contribution in [0.25, 0.3) is 5.03 Å². The molecule has 96 valence electrons. The lowest BCUT2D eigenvalue weighted by atomic mass is 10.1. The Morgan fingerprint density at radius 1 is 1.78 bits per heavy atom. The molecule has 10 heteroatoms. The van der Waals surface area contributed by atoms with E-state index in [0.29, 0.717) is 0 Å². The summed E-state index contributed by atoms with van der Waals surface area (Å²) in [6.45, 7) is 0. The molecule has 1 unspecified atom stereocenters. The van der Waals surface area contributed by atoms with Gasteiger partial charge in [-0.3, -0.25) is 19.2 Å². The van der Waals surface area contributed by atoms with Crippen molar-refractivity contribution in [3.63, 3.8) is 0 Å². The monoisotopic (exact) mass is 291 g/mol. The SMILES string of the molecule is O=C(O)CSN1C=C(Cl)c2oncc2C1[N+](=O)[O-]. The standard InChI is InChI=1S/C8H6ClN3O5S/c9-5-2-11(18-3-6(13)14)8(12(15)16)4-1-10-17-7(4)5/h1-2,8H,3H2,(H,13,14). The third kappa shape index (κ3) is 2.27. The zero-order chi connectivity index (χ0) is 13.3. The fourth-order valence-electron chi connectivity index (χ4n) is 1.43. The van der Waals surface area contributed by atoms with Crippen LogP contribution in [-0.2, 0) is 4.79 Å². The Morgan fingerprint density at radius 3 is 3.11 bits per heavy atom. The van der Waals surface area contributed by atoms with E-state index in [4.69, 9.17) is 21.2 Å². The first-order chi connectivity index (χ1) is 8.50. The van der Waals surface area contributed by atoms with Crippen molar-refractivity contribution in [3.05, 3.63) is 33.8 Å². The van der Waals surface area contributed by atoms with E-state index in [-0.39, 0.29) is 22.1 Å². The maximum absolute atomic E-state index is 11.0. The minimum Gasteiger partial charge on any atom is -0.481 e. The van der Waals surface area contributed by atoms with E-state index in [1.807, 2.05) is 0 Å². The molecule has 2 heterocycles. The summed E-state index contributed by atoms with van der Waals surface area (Å²) in [5.74, 6) is -1.26. The van der Waals surface area contributed by atoms with Crippen molar-refractivity contribution in [2.75, 3.05) is 5.75 Å². The number of rotatable bonds is 4. The molecule has 0 radical (unpaired) electrons.